The molecule has 0 aromatic carbocycles. The van der Waals surface area contributed by atoms with Crippen molar-refractivity contribution in [2.24, 2.45) is 0 Å². The highest BCUT2D eigenvalue weighted by Crippen LogP contribution is 2.36. The molecule has 1 saturated carbocycles. The number of pyridine rings is 1. The maximum Gasteiger partial charge on any atom is 0.224 e. The van der Waals surface area contributed by atoms with Gasteiger partial charge >= 0.3 is 0 Å². The summed E-state index contributed by atoms with van der Waals surface area (Å²) in [7, 11) is 0. The van der Waals surface area contributed by atoms with Gasteiger partial charge in [0.15, 0.2) is 5.79 Å². The molecule has 2 aliphatic rings. The predicted octanol–water partition coefficient (Wildman–Crippen LogP) is 3.37. The fourth-order valence-electron chi connectivity index (χ4n) is 4.48. The van der Waals surface area contributed by atoms with Gasteiger partial charge in [0.05, 0.1) is 18.7 Å². The third kappa shape index (κ3) is 2.95. The fraction of sp³-hybridized carbons (Fsp3) is 0.381. The van der Waals surface area contributed by atoms with E-state index in [0.29, 0.717) is 25.2 Å². The Balaban J connectivity index is 1.22. The Bertz CT molecular complexity index is 1170. The Morgan fingerprint density at radius 3 is 2.90 bits per heavy atom. The van der Waals surface area contributed by atoms with Gasteiger partial charge in [0.1, 0.15) is 5.65 Å². The van der Waals surface area contributed by atoms with Crippen molar-refractivity contribution in [3.05, 3.63) is 43.0 Å². The van der Waals surface area contributed by atoms with Crippen LogP contribution in [0.25, 0.3) is 27.7 Å². The van der Waals surface area contributed by atoms with Gasteiger partial charge in [-0.3, -0.25) is 0 Å². The van der Waals surface area contributed by atoms with E-state index in [4.69, 9.17) is 14.5 Å². The van der Waals surface area contributed by atoms with Crippen molar-refractivity contribution in [1.82, 2.24) is 24.6 Å². The van der Waals surface area contributed by atoms with Crippen molar-refractivity contribution < 1.29 is 9.47 Å². The maximum atomic E-state index is 5.81. The second-order valence-corrected chi connectivity index (χ2v) is 7.80. The van der Waals surface area contributed by atoms with E-state index in [1.54, 1.807) is 6.20 Å². The van der Waals surface area contributed by atoms with Gasteiger partial charge in [-0.2, -0.15) is 10.1 Å². The molecular formula is C21H22N6O2. The first-order chi connectivity index (χ1) is 14.3. The van der Waals surface area contributed by atoms with E-state index in [0.717, 1.165) is 53.4 Å². The minimum atomic E-state index is -0.339. The minimum absolute atomic E-state index is 0.338. The van der Waals surface area contributed by atoms with Gasteiger partial charge in [0.25, 0.3) is 0 Å². The van der Waals surface area contributed by atoms with Gasteiger partial charge in [0, 0.05) is 54.6 Å². The van der Waals surface area contributed by atoms with Crippen molar-refractivity contribution >= 4 is 22.5 Å². The summed E-state index contributed by atoms with van der Waals surface area (Å²) >= 11 is 0. The largest absolute Gasteiger partial charge is 0.351 e. The van der Waals surface area contributed by atoms with Crippen molar-refractivity contribution in [2.75, 3.05) is 18.5 Å². The van der Waals surface area contributed by atoms with Crippen LogP contribution >= 0.6 is 0 Å². The summed E-state index contributed by atoms with van der Waals surface area (Å²) in [5, 5.41) is 8.75. The molecule has 0 amide bonds. The molecule has 1 spiro atoms. The van der Waals surface area contributed by atoms with Crippen molar-refractivity contribution in [2.45, 2.75) is 37.5 Å². The van der Waals surface area contributed by atoms with Crippen LogP contribution in [0.2, 0.25) is 0 Å². The summed E-state index contributed by atoms with van der Waals surface area (Å²) < 4.78 is 13.5. The normalized spacial score (nSPS) is 19.4. The Hall–Kier alpha value is -2.97. The third-order valence-electron chi connectivity index (χ3n) is 6.04. The lowest BCUT2D eigenvalue weighted by molar-refractivity contribution is -0.177. The molecule has 1 aliphatic carbocycles. The van der Waals surface area contributed by atoms with Crippen molar-refractivity contribution in [3.63, 3.8) is 0 Å². The summed E-state index contributed by atoms with van der Waals surface area (Å²) in [6.45, 7) is 1.42. The van der Waals surface area contributed by atoms with Crippen LogP contribution in [-0.2, 0) is 9.47 Å². The fourth-order valence-corrected chi connectivity index (χ4v) is 4.48. The molecule has 2 N–H and O–H groups in total. The smallest absolute Gasteiger partial charge is 0.224 e. The summed E-state index contributed by atoms with van der Waals surface area (Å²) in [6.07, 6.45) is 11.5. The zero-order valence-electron chi connectivity index (χ0n) is 16.0. The summed E-state index contributed by atoms with van der Waals surface area (Å²) in [4.78, 5) is 12.6. The van der Waals surface area contributed by atoms with Crippen LogP contribution in [0.3, 0.4) is 0 Å². The molecule has 8 nitrogen and oxygen atoms in total. The lowest BCUT2D eigenvalue weighted by atomic mass is 9.90. The SMILES string of the molecule is c1cc2cc(-c3c[nH]c4nc(NC5CCC6(CC5)OCCO6)ncc34)ccn2n1. The molecule has 148 valence electrons. The summed E-state index contributed by atoms with van der Waals surface area (Å²) in [5.74, 6) is 0.319. The minimum Gasteiger partial charge on any atom is -0.351 e. The van der Waals surface area contributed by atoms with Crippen molar-refractivity contribution in [1.29, 1.82) is 0 Å². The van der Waals surface area contributed by atoms with E-state index in [2.05, 4.69) is 32.5 Å². The highest BCUT2D eigenvalue weighted by molar-refractivity contribution is 5.94. The van der Waals surface area contributed by atoms with Crippen LogP contribution in [-0.4, -0.2) is 49.6 Å². The van der Waals surface area contributed by atoms with Crippen LogP contribution in [0, 0.1) is 0 Å². The Morgan fingerprint density at radius 1 is 1.17 bits per heavy atom. The number of hydrogen-bond donors (Lipinski definition) is 2. The quantitative estimate of drug-likeness (QED) is 0.558. The van der Waals surface area contributed by atoms with Gasteiger partial charge in [0.2, 0.25) is 5.95 Å². The molecule has 29 heavy (non-hydrogen) atoms. The van der Waals surface area contributed by atoms with E-state index >= 15 is 0 Å². The van der Waals surface area contributed by atoms with Gasteiger partial charge < -0.3 is 19.8 Å². The van der Waals surface area contributed by atoms with Gasteiger partial charge in [-0.1, -0.05) is 0 Å². The molecular weight excluding hydrogens is 368 g/mol. The van der Waals surface area contributed by atoms with Crippen LogP contribution in [0.4, 0.5) is 5.95 Å². The molecule has 0 atom stereocenters. The molecule has 1 saturated heterocycles. The molecule has 2 fully saturated rings. The molecule has 1 aliphatic heterocycles. The second-order valence-electron chi connectivity index (χ2n) is 7.80. The first-order valence-corrected chi connectivity index (χ1v) is 10.1. The number of nitrogens with one attached hydrogen (secondary N) is 2. The molecule has 0 unspecified atom stereocenters. The molecule has 4 aromatic rings. The maximum absolute atomic E-state index is 5.81. The van der Waals surface area contributed by atoms with Gasteiger partial charge in [-0.15, -0.1) is 0 Å². The average Bonchev–Trinajstić information content (AvgIpc) is 3.49. The van der Waals surface area contributed by atoms with Crippen LogP contribution < -0.4 is 5.32 Å². The lowest BCUT2D eigenvalue weighted by Gasteiger charge is -2.35. The van der Waals surface area contributed by atoms with E-state index in [9.17, 15) is 0 Å². The third-order valence-corrected chi connectivity index (χ3v) is 6.04. The molecule has 8 heteroatoms. The van der Waals surface area contributed by atoms with Crippen molar-refractivity contribution in [3.8, 4) is 11.1 Å². The number of rotatable bonds is 3. The monoisotopic (exact) mass is 390 g/mol. The van der Waals surface area contributed by atoms with Crippen LogP contribution in [0.1, 0.15) is 25.7 Å². The topological polar surface area (TPSA) is 89.4 Å². The lowest BCUT2D eigenvalue weighted by Crippen LogP contribution is -2.39. The van der Waals surface area contributed by atoms with Crippen LogP contribution in [0.15, 0.2) is 43.0 Å². The number of ether oxygens (including phenoxy) is 2. The second kappa shape index (κ2) is 6.53. The van der Waals surface area contributed by atoms with Gasteiger partial charge in [-0.25, -0.2) is 9.50 Å². The number of fused-ring (bicyclic) bond motifs is 2. The predicted molar refractivity (Wildman–Crippen MR) is 109 cm³/mol. The molecule has 4 aromatic heterocycles. The molecule has 6 rings (SSSR count). The Morgan fingerprint density at radius 2 is 2.03 bits per heavy atom. The number of aromatic amines is 1. The molecule has 5 heterocycles. The summed E-state index contributed by atoms with van der Waals surface area (Å²) in [6, 6.07) is 6.50. The number of anilines is 1. The number of nitrogens with zero attached hydrogens (tertiary/aromatic N) is 4. The van der Waals surface area contributed by atoms with E-state index in [-0.39, 0.29) is 5.79 Å². The zero-order valence-corrected chi connectivity index (χ0v) is 16.0. The number of H-pyrrole nitrogens is 1. The average molecular weight is 390 g/mol. The highest BCUT2D eigenvalue weighted by Gasteiger charge is 2.40. The molecule has 0 radical (unpaired) electrons. The number of aromatic nitrogens is 5. The zero-order chi connectivity index (χ0) is 19.3. The Labute approximate surface area is 167 Å². The van der Waals surface area contributed by atoms with E-state index in [1.807, 2.05) is 29.2 Å². The molecule has 0 bridgehead atoms. The van der Waals surface area contributed by atoms with E-state index < -0.39 is 0 Å². The van der Waals surface area contributed by atoms with Gasteiger partial charge in [-0.05, 0) is 36.6 Å². The highest BCUT2D eigenvalue weighted by atomic mass is 16.7. The number of hydrogen-bond acceptors (Lipinski definition) is 6. The van der Waals surface area contributed by atoms with E-state index in [1.165, 1.54) is 0 Å². The first-order valence-electron chi connectivity index (χ1n) is 10.1. The Kier molecular flexibility index (Phi) is 3.82. The summed E-state index contributed by atoms with van der Waals surface area (Å²) in [5.41, 5.74) is 4.09. The standard InChI is InChI=1S/C21H22N6O2/c1-5-21(28-9-10-29-21)6-2-15(1)25-20-23-13-18-17(12-22-19(18)26-20)14-4-8-27-16(11-14)3-7-24-27/h3-4,7-8,11-13,15H,1-2,5-6,9-10H2,(H2,22,23,25,26). The van der Waals surface area contributed by atoms with Crippen LogP contribution in [0.5, 0.6) is 0 Å². The first kappa shape index (κ1) is 16.9.